The zero-order chi connectivity index (χ0) is 44.1. The normalized spacial score (nSPS) is 20.0. The summed E-state index contributed by atoms with van der Waals surface area (Å²) in [4.78, 5) is 25.4. The molecule has 0 radical (unpaired) electrons. The Bertz CT molecular complexity index is 1310. The number of carbonyl (C=O) groups is 2. The zero-order valence-electron chi connectivity index (χ0n) is 37.1. The Morgan fingerprint density at radius 2 is 1.10 bits per heavy atom. The molecular weight excluding hydrogens is 789 g/mol. The number of hydrogen-bond donors (Lipinski definition) is 4. The van der Waals surface area contributed by atoms with Gasteiger partial charge in [-0.1, -0.05) is 128 Å². The fourth-order valence-corrected chi connectivity index (χ4v) is 7.49. The molecule has 0 amide bonds. The molecule has 1 aliphatic rings. The molecule has 60 heavy (non-hydrogen) atoms. The van der Waals surface area contributed by atoms with Gasteiger partial charge in [-0.3, -0.25) is 14.1 Å². The van der Waals surface area contributed by atoms with E-state index in [9.17, 15) is 37.9 Å². The topological polar surface area (TPSA) is 186 Å². The minimum absolute atomic E-state index is 0.142. The lowest BCUT2D eigenvalue weighted by Gasteiger charge is -2.40. The maximum atomic E-state index is 12.8. The van der Waals surface area contributed by atoms with Crippen molar-refractivity contribution in [2.24, 2.45) is 0 Å². The SMILES string of the molecule is CCCCC/C=C/C/C=C/CCCCCCCCCC(=O)OC[C@H](CO[C@H]1O[C@H](CS(=O)(=O)O)[C@@H](O)C(O)C1O)OC(=O)CCCCCCCC=C=CCCCCCCC. The average molecular weight is 871 g/mol. The fraction of sp³-hybridized carbons (Fsp3) is 0.809. The quantitative estimate of drug-likeness (QED) is 0.0152. The lowest BCUT2D eigenvalue weighted by atomic mass is 10.00. The third-order valence-corrected chi connectivity index (χ3v) is 11.2. The number of carbonyl (C=O) groups excluding carboxylic acids is 2. The molecule has 1 rings (SSSR count). The summed E-state index contributed by atoms with van der Waals surface area (Å²) >= 11 is 0. The Morgan fingerprint density at radius 1 is 0.617 bits per heavy atom. The van der Waals surface area contributed by atoms with Crippen LogP contribution in [-0.2, 0) is 38.7 Å². The second kappa shape index (κ2) is 37.2. The van der Waals surface area contributed by atoms with Gasteiger partial charge in [-0.05, 0) is 82.8 Å². The van der Waals surface area contributed by atoms with Gasteiger partial charge in [0.25, 0.3) is 10.1 Å². The van der Waals surface area contributed by atoms with Crippen molar-refractivity contribution in [2.75, 3.05) is 19.0 Å². The highest BCUT2D eigenvalue weighted by molar-refractivity contribution is 7.85. The van der Waals surface area contributed by atoms with Gasteiger partial charge in [-0.25, -0.2) is 0 Å². The van der Waals surface area contributed by atoms with Crippen molar-refractivity contribution >= 4 is 22.1 Å². The smallest absolute Gasteiger partial charge is 0.306 e. The highest BCUT2D eigenvalue weighted by Gasteiger charge is 2.46. The van der Waals surface area contributed by atoms with Gasteiger partial charge in [0.05, 0.1) is 6.61 Å². The summed E-state index contributed by atoms with van der Waals surface area (Å²) in [5.41, 5.74) is 3.28. The molecule has 0 spiro atoms. The monoisotopic (exact) mass is 871 g/mol. The first-order valence-corrected chi connectivity index (χ1v) is 24.9. The van der Waals surface area contributed by atoms with Gasteiger partial charge in [-0.15, -0.1) is 5.73 Å². The standard InChI is InChI=1S/C47H82O12S/c1-3-5-7-9-11-13-15-17-19-20-22-23-25-27-29-31-33-35-42(48)56-37-40(38-57-47-46(52)45(51)44(50)41(59-47)39-60(53,54)55)58-43(49)36-34-32-30-28-26-24-21-18-16-14-12-10-8-6-4-2/h11,13,16-17,19,21,40-41,44-47,50-52H,3-10,12,14-15,20,22-39H2,1-2H3,(H,53,54,55)/b13-11+,19-17+/t18?,40-,41-,44-,45?,46?,47+/m1/s1. The third kappa shape index (κ3) is 31.5. The molecule has 0 aliphatic carbocycles. The number of unbranched alkanes of at least 4 members (excludes halogenated alkanes) is 20. The number of aliphatic hydroxyl groups excluding tert-OH is 3. The van der Waals surface area contributed by atoms with Gasteiger partial charge in [0.1, 0.15) is 36.8 Å². The van der Waals surface area contributed by atoms with Crippen molar-refractivity contribution in [2.45, 2.75) is 224 Å². The molecule has 1 heterocycles. The summed E-state index contributed by atoms with van der Waals surface area (Å²) in [5, 5.41) is 30.9. The van der Waals surface area contributed by atoms with Gasteiger partial charge < -0.3 is 34.3 Å². The van der Waals surface area contributed by atoms with Crippen molar-refractivity contribution in [3.63, 3.8) is 0 Å². The molecule has 2 unspecified atom stereocenters. The first-order valence-electron chi connectivity index (χ1n) is 23.3. The van der Waals surface area contributed by atoms with Crippen molar-refractivity contribution in [3.05, 3.63) is 42.2 Å². The summed E-state index contributed by atoms with van der Waals surface area (Å²) in [6.45, 7) is 3.69. The van der Waals surface area contributed by atoms with Crippen LogP contribution < -0.4 is 0 Å². The van der Waals surface area contributed by atoms with Crippen molar-refractivity contribution < 1.29 is 56.8 Å². The summed E-state index contributed by atoms with van der Waals surface area (Å²) < 4.78 is 54.1. The molecule has 0 saturated carbocycles. The highest BCUT2D eigenvalue weighted by Crippen LogP contribution is 2.24. The number of rotatable bonds is 38. The number of aliphatic hydroxyl groups is 3. The lowest BCUT2D eigenvalue weighted by Crippen LogP contribution is -2.60. The second-order valence-corrected chi connectivity index (χ2v) is 17.7. The van der Waals surface area contributed by atoms with E-state index in [0.29, 0.717) is 12.8 Å². The van der Waals surface area contributed by atoms with Crippen LogP contribution in [0.5, 0.6) is 0 Å². The van der Waals surface area contributed by atoms with Gasteiger partial charge >= 0.3 is 11.9 Å². The molecule has 1 aliphatic heterocycles. The van der Waals surface area contributed by atoms with E-state index >= 15 is 0 Å². The van der Waals surface area contributed by atoms with E-state index in [2.05, 4.69) is 56.0 Å². The molecule has 12 nitrogen and oxygen atoms in total. The zero-order valence-corrected chi connectivity index (χ0v) is 37.9. The largest absolute Gasteiger partial charge is 0.462 e. The summed E-state index contributed by atoms with van der Waals surface area (Å²) in [6, 6.07) is 0. The predicted octanol–water partition coefficient (Wildman–Crippen LogP) is 9.55. The van der Waals surface area contributed by atoms with E-state index in [1.165, 1.54) is 70.6 Å². The molecular formula is C47H82O12S. The molecule has 1 fully saturated rings. The second-order valence-electron chi connectivity index (χ2n) is 16.2. The Morgan fingerprint density at radius 3 is 1.67 bits per heavy atom. The van der Waals surface area contributed by atoms with Crippen LogP contribution in [0.1, 0.15) is 187 Å². The Balaban J connectivity index is 2.45. The molecule has 0 aromatic carbocycles. The van der Waals surface area contributed by atoms with Gasteiger partial charge in [-0.2, -0.15) is 8.42 Å². The van der Waals surface area contributed by atoms with E-state index in [1.807, 2.05) is 0 Å². The fourth-order valence-electron chi connectivity index (χ4n) is 6.80. The van der Waals surface area contributed by atoms with Crippen LogP contribution in [0.15, 0.2) is 42.2 Å². The number of esters is 2. The number of hydrogen-bond acceptors (Lipinski definition) is 11. The lowest BCUT2D eigenvalue weighted by molar-refractivity contribution is -0.297. The van der Waals surface area contributed by atoms with Crippen LogP contribution in [-0.4, -0.2) is 96.0 Å². The van der Waals surface area contributed by atoms with Gasteiger partial charge in [0.2, 0.25) is 0 Å². The van der Waals surface area contributed by atoms with Crippen molar-refractivity contribution in [1.82, 2.24) is 0 Å². The van der Waals surface area contributed by atoms with Crippen molar-refractivity contribution in [1.29, 1.82) is 0 Å². The maximum Gasteiger partial charge on any atom is 0.306 e. The van der Waals surface area contributed by atoms with E-state index in [4.69, 9.17) is 18.9 Å². The summed E-state index contributed by atoms with van der Waals surface area (Å²) in [7, 11) is -4.61. The van der Waals surface area contributed by atoms with Gasteiger partial charge in [0.15, 0.2) is 12.4 Å². The Kier molecular flexibility index (Phi) is 34.5. The van der Waals surface area contributed by atoms with Crippen molar-refractivity contribution in [3.8, 4) is 0 Å². The number of ether oxygens (including phenoxy) is 4. The number of allylic oxidation sites excluding steroid dienone is 5. The molecule has 13 heteroatoms. The van der Waals surface area contributed by atoms with Crippen LogP contribution >= 0.6 is 0 Å². The summed E-state index contributed by atoms with van der Waals surface area (Å²) in [5.74, 6) is -2.02. The van der Waals surface area contributed by atoms with E-state index in [0.717, 1.165) is 77.0 Å². The minimum Gasteiger partial charge on any atom is -0.462 e. The van der Waals surface area contributed by atoms with Gasteiger partial charge in [0, 0.05) is 12.8 Å². The Hall–Kier alpha value is -2.35. The first kappa shape index (κ1) is 55.7. The molecule has 1 saturated heterocycles. The van der Waals surface area contributed by atoms with Crippen LogP contribution in [0, 0.1) is 0 Å². The summed E-state index contributed by atoms with van der Waals surface area (Å²) in [6.07, 6.45) is 31.0. The minimum atomic E-state index is -4.61. The van der Waals surface area contributed by atoms with E-state index in [1.54, 1.807) is 0 Å². The molecule has 4 N–H and O–H groups in total. The Labute approximate surface area is 363 Å². The van der Waals surface area contributed by atoms with Crippen LogP contribution in [0.25, 0.3) is 0 Å². The molecule has 348 valence electrons. The van der Waals surface area contributed by atoms with Crippen LogP contribution in [0.3, 0.4) is 0 Å². The molecule has 0 aromatic rings. The van der Waals surface area contributed by atoms with Crippen LogP contribution in [0.4, 0.5) is 0 Å². The maximum absolute atomic E-state index is 12.8. The first-order chi connectivity index (χ1) is 29.0. The molecule has 0 bridgehead atoms. The van der Waals surface area contributed by atoms with E-state index < -0.39 is 71.2 Å². The predicted molar refractivity (Wildman–Crippen MR) is 237 cm³/mol. The highest BCUT2D eigenvalue weighted by atomic mass is 32.2. The van der Waals surface area contributed by atoms with Crippen LogP contribution in [0.2, 0.25) is 0 Å². The third-order valence-electron chi connectivity index (χ3n) is 10.5. The molecule has 0 aromatic heterocycles. The average Bonchev–Trinajstić information content (AvgIpc) is 3.21. The molecule has 6 atom stereocenters. The van der Waals surface area contributed by atoms with E-state index in [-0.39, 0.29) is 19.4 Å².